The van der Waals surface area contributed by atoms with E-state index in [0.717, 1.165) is 47.7 Å². The molecule has 2 aromatic rings. The number of carbonyl (C=O) groups is 1. The minimum absolute atomic E-state index is 0.0874. The van der Waals surface area contributed by atoms with Crippen molar-refractivity contribution in [2.24, 2.45) is 0 Å². The highest BCUT2D eigenvalue weighted by Gasteiger charge is 2.07. The first-order valence-electron chi connectivity index (χ1n) is 10.5. The molecule has 0 aromatic carbocycles. The van der Waals surface area contributed by atoms with Crippen molar-refractivity contribution in [3.63, 3.8) is 0 Å². The smallest absolute Gasteiger partial charge is 0.229 e. The Kier molecular flexibility index (Phi) is 10.3. The second-order valence-electron chi connectivity index (χ2n) is 7.23. The molecule has 0 unspecified atom stereocenters. The number of nitrogens with zero attached hydrogens (tertiary/aromatic N) is 4. The molecule has 170 valence electrons. The normalized spacial score (nSPS) is 11.4. The number of hydrogen-bond acceptors (Lipinski definition) is 8. The summed E-state index contributed by atoms with van der Waals surface area (Å²) in [5.74, 6) is 0.989. The van der Waals surface area contributed by atoms with Gasteiger partial charge in [-0.05, 0) is 58.2 Å². The summed E-state index contributed by atoms with van der Waals surface area (Å²) in [4.78, 5) is 11.9. The van der Waals surface area contributed by atoms with Gasteiger partial charge in [0.05, 0.1) is 5.69 Å². The number of carbonyl (C=O) groups excluding carboxylic acids is 1. The van der Waals surface area contributed by atoms with Crippen LogP contribution in [0.3, 0.4) is 0 Å². The van der Waals surface area contributed by atoms with Crippen LogP contribution in [0.2, 0.25) is 0 Å². The van der Waals surface area contributed by atoms with E-state index < -0.39 is 0 Å². The molecule has 1 amide bonds. The fourth-order valence-electron chi connectivity index (χ4n) is 2.69. The van der Waals surface area contributed by atoms with E-state index in [4.69, 9.17) is 0 Å². The Balaban J connectivity index is 1.70. The van der Waals surface area contributed by atoms with Gasteiger partial charge < -0.3 is 16.0 Å². The van der Waals surface area contributed by atoms with Crippen molar-refractivity contribution in [2.45, 2.75) is 52.9 Å². The van der Waals surface area contributed by atoms with Crippen LogP contribution in [0.4, 0.5) is 10.9 Å². The minimum atomic E-state index is -0.0874. The quantitative estimate of drug-likeness (QED) is 0.228. The number of allylic oxidation sites excluding steroid dienone is 3. The maximum Gasteiger partial charge on any atom is 0.229 e. The van der Waals surface area contributed by atoms with Gasteiger partial charge in [0.1, 0.15) is 10.8 Å². The third-order valence-electron chi connectivity index (χ3n) is 4.40. The molecule has 0 saturated carbocycles. The summed E-state index contributed by atoms with van der Waals surface area (Å²) in [5.41, 5.74) is 2.66. The van der Waals surface area contributed by atoms with Crippen molar-refractivity contribution in [2.75, 3.05) is 10.6 Å². The van der Waals surface area contributed by atoms with Gasteiger partial charge in [-0.1, -0.05) is 42.2 Å². The van der Waals surface area contributed by atoms with Gasteiger partial charge in [0, 0.05) is 18.5 Å². The minimum Gasteiger partial charge on any atom is -0.343 e. The van der Waals surface area contributed by atoms with E-state index >= 15 is 0 Å². The van der Waals surface area contributed by atoms with E-state index in [-0.39, 0.29) is 5.91 Å². The average molecular weight is 454 g/mol. The molecule has 0 saturated heterocycles. The molecule has 0 aliphatic rings. The van der Waals surface area contributed by atoms with E-state index in [1.165, 1.54) is 11.3 Å². The van der Waals surface area contributed by atoms with Crippen LogP contribution in [-0.2, 0) is 17.6 Å². The van der Waals surface area contributed by atoms with Gasteiger partial charge in [0.2, 0.25) is 11.0 Å². The average Bonchev–Trinajstić information content (AvgIpc) is 3.19. The van der Waals surface area contributed by atoms with Crippen LogP contribution in [-0.4, -0.2) is 26.3 Å². The topological polar surface area (TPSA) is 105 Å². The zero-order valence-electron chi connectivity index (χ0n) is 18.9. The Morgan fingerprint density at radius 1 is 1.06 bits per heavy atom. The van der Waals surface area contributed by atoms with Gasteiger partial charge in [-0.2, -0.15) is 5.10 Å². The lowest BCUT2D eigenvalue weighted by atomic mass is 10.1. The van der Waals surface area contributed by atoms with E-state index in [9.17, 15) is 4.79 Å². The number of unbranched alkanes of at least 4 members (excludes halogenated alkanes) is 1. The van der Waals surface area contributed by atoms with Crippen molar-refractivity contribution in [1.82, 2.24) is 25.7 Å². The van der Waals surface area contributed by atoms with Crippen molar-refractivity contribution in [1.29, 1.82) is 0 Å². The molecule has 0 fully saturated rings. The zero-order valence-corrected chi connectivity index (χ0v) is 19.8. The molecule has 0 spiro atoms. The van der Waals surface area contributed by atoms with Gasteiger partial charge in [0.25, 0.3) is 0 Å². The summed E-state index contributed by atoms with van der Waals surface area (Å²) >= 11 is 1.51. The van der Waals surface area contributed by atoms with Crippen LogP contribution < -0.4 is 16.0 Å². The SMILES string of the molecule is C=C(/C=C\C)NC(=C)Nc1nnc(CCCCc2ccc(NC(=O)C/C(C)=C/C)nn2)s1. The van der Waals surface area contributed by atoms with Gasteiger partial charge in [-0.15, -0.1) is 15.3 Å². The van der Waals surface area contributed by atoms with Gasteiger partial charge in [-0.3, -0.25) is 4.79 Å². The monoisotopic (exact) mass is 453 g/mol. The fraction of sp³-hybridized carbons (Fsp3) is 0.348. The first kappa shape index (κ1) is 24.9. The molecule has 9 heteroatoms. The molecule has 0 bridgehead atoms. The summed E-state index contributed by atoms with van der Waals surface area (Å²) in [5, 5.41) is 27.2. The van der Waals surface area contributed by atoms with Gasteiger partial charge in [0.15, 0.2) is 5.82 Å². The van der Waals surface area contributed by atoms with Crippen LogP contribution >= 0.6 is 11.3 Å². The van der Waals surface area contributed by atoms with Gasteiger partial charge >= 0.3 is 0 Å². The van der Waals surface area contributed by atoms with E-state index in [1.54, 1.807) is 6.07 Å². The Hall–Kier alpha value is -3.33. The molecule has 0 radical (unpaired) electrons. The Labute approximate surface area is 193 Å². The molecule has 3 N–H and O–H groups in total. The summed E-state index contributed by atoms with van der Waals surface area (Å²) < 4.78 is 0. The number of aromatic nitrogens is 4. The highest BCUT2D eigenvalue weighted by atomic mass is 32.1. The second kappa shape index (κ2) is 13.2. The third-order valence-corrected chi connectivity index (χ3v) is 5.30. The molecule has 8 nitrogen and oxygen atoms in total. The van der Waals surface area contributed by atoms with E-state index in [1.807, 2.05) is 45.1 Å². The Morgan fingerprint density at radius 3 is 2.53 bits per heavy atom. The highest BCUT2D eigenvalue weighted by molar-refractivity contribution is 7.15. The highest BCUT2D eigenvalue weighted by Crippen LogP contribution is 2.18. The number of aryl methyl sites for hydroxylation is 2. The second-order valence-corrected chi connectivity index (χ2v) is 8.29. The largest absolute Gasteiger partial charge is 0.343 e. The molecule has 2 aromatic heterocycles. The third kappa shape index (κ3) is 9.22. The standard InChI is InChI=1S/C23H31N7OS/c1-6-10-17(4)24-18(5)25-23-30-29-22(32-23)12-9-8-11-19-13-14-20(28-27-19)26-21(31)15-16(3)7-2/h6-7,10,13-14,24H,4-5,8-9,11-12,15H2,1-3H3,(H,25,30)(H,26,28,31)/b10-6-,16-7+. The number of anilines is 2. The molecule has 0 atom stereocenters. The van der Waals surface area contributed by atoms with Crippen LogP contribution in [0.5, 0.6) is 0 Å². The molecule has 32 heavy (non-hydrogen) atoms. The number of rotatable bonds is 13. The van der Waals surface area contributed by atoms with Crippen LogP contribution in [0.1, 0.15) is 50.7 Å². The molecular weight excluding hydrogens is 422 g/mol. The first-order valence-corrected chi connectivity index (χ1v) is 11.3. The van der Waals surface area contributed by atoms with Crippen molar-refractivity contribution in [3.05, 3.63) is 71.3 Å². The predicted molar refractivity (Wildman–Crippen MR) is 131 cm³/mol. The Morgan fingerprint density at radius 2 is 1.84 bits per heavy atom. The first-order chi connectivity index (χ1) is 15.4. The molecule has 2 heterocycles. The van der Waals surface area contributed by atoms with Crippen molar-refractivity contribution in [3.8, 4) is 0 Å². The fourth-order valence-corrected chi connectivity index (χ4v) is 3.49. The maximum absolute atomic E-state index is 11.9. The molecule has 0 aliphatic carbocycles. The summed E-state index contributed by atoms with van der Waals surface area (Å²) in [7, 11) is 0. The number of nitrogens with one attached hydrogen (secondary N) is 3. The maximum atomic E-state index is 11.9. The molecule has 2 rings (SSSR count). The summed E-state index contributed by atoms with van der Waals surface area (Å²) in [6.07, 6.45) is 9.63. The number of hydrogen-bond donors (Lipinski definition) is 3. The lowest BCUT2D eigenvalue weighted by molar-refractivity contribution is -0.115. The van der Waals surface area contributed by atoms with Crippen molar-refractivity contribution >= 4 is 28.2 Å². The number of amides is 1. The zero-order chi connectivity index (χ0) is 23.3. The van der Waals surface area contributed by atoms with Gasteiger partial charge in [-0.25, -0.2) is 0 Å². The van der Waals surface area contributed by atoms with Crippen LogP contribution in [0.25, 0.3) is 0 Å². The lowest BCUT2D eigenvalue weighted by Gasteiger charge is -2.08. The lowest BCUT2D eigenvalue weighted by Crippen LogP contribution is -2.16. The van der Waals surface area contributed by atoms with Crippen LogP contribution in [0, 0.1) is 0 Å². The Bertz CT molecular complexity index is 976. The van der Waals surface area contributed by atoms with Crippen LogP contribution in [0.15, 0.2) is 60.6 Å². The molecular formula is C23H31N7OS. The van der Waals surface area contributed by atoms with E-state index in [2.05, 4.69) is 49.5 Å². The van der Waals surface area contributed by atoms with E-state index in [0.29, 0.717) is 23.2 Å². The summed E-state index contributed by atoms with van der Waals surface area (Å²) in [6, 6.07) is 3.69. The molecule has 0 aliphatic heterocycles. The summed E-state index contributed by atoms with van der Waals surface area (Å²) in [6.45, 7) is 13.5. The van der Waals surface area contributed by atoms with Crippen molar-refractivity contribution < 1.29 is 4.79 Å². The predicted octanol–water partition coefficient (Wildman–Crippen LogP) is 4.75.